The monoisotopic (exact) mass is 406 g/mol. The quantitative estimate of drug-likeness (QED) is 0.408. The van der Waals surface area contributed by atoms with Gasteiger partial charge in [0.2, 0.25) is 0 Å². The van der Waals surface area contributed by atoms with Crippen molar-refractivity contribution in [2.45, 2.75) is 6.92 Å². The van der Waals surface area contributed by atoms with E-state index < -0.39 is 0 Å². The van der Waals surface area contributed by atoms with Gasteiger partial charge in [-0.2, -0.15) is 0 Å². The van der Waals surface area contributed by atoms with E-state index in [1.807, 2.05) is 13.0 Å². The molecule has 0 saturated carbocycles. The molecule has 1 N–H and O–H groups in total. The van der Waals surface area contributed by atoms with Crippen molar-refractivity contribution in [1.29, 1.82) is 0 Å². The number of hydrogen-bond donors (Lipinski definition) is 1. The Hall–Kier alpha value is -0.730. The van der Waals surface area contributed by atoms with Crippen LogP contribution in [0.4, 0.5) is 0 Å². The molecule has 1 aromatic heterocycles. The molecule has 2 aromatic rings. The van der Waals surface area contributed by atoms with Crippen LogP contribution in [0.1, 0.15) is 17.3 Å². The zero-order valence-corrected chi connectivity index (χ0v) is 15.0. The summed E-state index contributed by atoms with van der Waals surface area (Å²) in [4.78, 5) is 26.3. The van der Waals surface area contributed by atoms with Crippen molar-refractivity contribution >= 4 is 27.3 Å². The minimum absolute atomic E-state index is 0. The Labute approximate surface area is 139 Å². The van der Waals surface area contributed by atoms with Crippen LogP contribution >= 0.6 is 11.3 Å². The zero-order chi connectivity index (χ0) is 14.2. The van der Waals surface area contributed by atoms with Gasteiger partial charge >= 0.3 is 4.87 Å². The highest BCUT2D eigenvalue weighted by atomic mass is 127. The molecule has 0 bridgehead atoms. The lowest BCUT2D eigenvalue weighted by molar-refractivity contribution is -0.872. The number of hydrogen-bond acceptors (Lipinski definition) is 3. The van der Waals surface area contributed by atoms with E-state index in [0.717, 1.165) is 21.2 Å². The summed E-state index contributed by atoms with van der Waals surface area (Å²) in [6.07, 6.45) is 0. The fourth-order valence-corrected chi connectivity index (χ4v) is 3.01. The fourth-order valence-electron chi connectivity index (χ4n) is 2.29. The minimum atomic E-state index is -0.0843. The van der Waals surface area contributed by atoms with Crippen LogP contribution in [-0.4, -0.2) is 42.9 Å². The number of thiazole rings is 1. The van der Waals surface area contributed by atoms with Gasteiger partial charge in [0.1, 0.15) is 0 Å². The number of benzene rings is 1. The smallest absolute Gasteiger partial charge is 0.305 e. The van der Waals surface area contributed by atoms with E-state index >= 15 is 0 Å². The van der Waals surface area contributed by atoms with Gasteiger partial charge in [0.15, 0.2) is 5.78 Å². The number of Topliss-reactive ketones (excluding diaryl/α,β-unsaturated/α-hetero) is 1. The van der Waals surface area contributed by atoms with Crippen LogP contribution in [0.3, 0.4) is 0 Å². The van der Waals surface area contributed by atoms with Gasteiger partial charge in [0.05, 0.1) is 43.8 Å². The number of halogens is 1. The summed E-state index contributed by atoms with van der Waals surface area (Å²) in [5.41, 5.74) is 1.42. The molecule has 20 heavy (non-hydrogen) atoms. The van der Waals surface area contributed by atoms with E-state index in [0.29, 0.717) is 5.56 Å². The van der Waals surface area contributed by atoms with Gasteiger partial charge in [0.25, 0.3) is 0 Å². The molecule has 0 radical (unpaired) electrons. The normalized spacial score (nSPS) is 13.0. The van der Waals surface area contributed by atoms with Crippen molar-refractivity contribution in [1.82, 2.24) is 4.98 Å². The second-order valence-corrected chi connectivity index (χ2v) is 6.98. The summed E-state index contributed by atoms with van der Waals surface area (Å²) in [5, 5.41) is 0. The van der Waals surface area contributed by atoms with Gasteiger partial charge in [-0.25, -0.2) is 0 Å². The molecule has 0 aliphatic heterocycles. The third-order valence-electron chi connectivity index (χ3n) is 2.97. The van der Waals surface area contributed by atoms with E-state index in [2.05, 4.69) is 26.1 Å². The van der Waals surface area contributed by atoms with Crippen LogP contribution in [0.2, 0.25) is 0 Å². The standard InChI is InChI=1S/C14H18N2O2S.HI/c1-9(8-16(2,3)4)13(17)10-5-6-12-11(7-10)15-14(18)19-12;/h5-7,9H,8H2,1-4H3;1H. The molecular formula is C14H19IN2O2S. The number of nitrogens with zero attached hydrogens (tertiary/aromatic N) is 1. The Morgan fingerprint density at radius 2 is 2.00 bits per heavy atom. The molecule has 0 saturated heterocycles. The highest BCUT2D eigenvalue weighted by Crippen LogP contribution is 2.19. The minimum Gasteiger partial charge on any atom is -1.00 e. The molecule has 1 heterocycles. The first-order valence-electron chi connectivity index (χ1n) is 6.24. The summed E-state index contributed by atoms with van der Waals surface area (Å²) >= 11 is 1.17. The van der Waals surface area contributed by atoms with Gasteiger partial charge in [-0.1, -0.05) is 11.3 Å². The van der Waals surface area contributed by atoms with Gasteiger partial charge < -0.3 is 33.4 Å². The molecule has 6 heteroatoms. The third kappa shape index (κ3) is 4.13. The lowest BCUT2D eigenvalue weighted by Crippen LogP contribution is -3.00. The molecule has 0 fully saturated rings. The predicted molar refractivity (Wildman–Crippen MR) is 78.8 cm³/mol. The molecule has 4 nitrogen and oxygen atoms in total. The van der Waals surface area contributed by atoms with Crippen LogP contribution in [0.15, 0.2) is 23.0 Å². The largest absolute Gasteiger partial charge is 1.00 e. The lowest BCUT2D eigenvalue weighted by atomic mass is 9.98. The van der Waals surface area contributed by atoms with Crippen molar-refractivity contribution in [2.75, 3.05) is 27.7 Å². The maximum atomic E-state index is 12.4. The molecular weight excluding hydrogens is 387 g/mol. The maximum absolute atomic E-state index is 12.4. The number of quaternary nitrogens is 1. The SMILES string of the molecule is CC(C[N+](C)(C)C)C(=O)c1ccc2sc(=O)[nH]c2c1.[I-]. The van der Waals surface area contributed by atoms with Crippen LogP contribution in [0.5, 0.6) is 0 Å². The van der Waals surface area contributed by atoms with Crippen molar-refractivity contribution in [3.05, 3.63) is 33.4 Å². The van der Waals surface area contributed by atoms with Crippen LogP contribution < -0.4 is 28.8 Å². The Kier molecular flexibility index (Phi) is 5.51. The number of rotatable bonds is 4. The van der Waals surface area contributed by atoms with Crippen molar-refractivity contribution < 1.29 is 33.3 Å². The molecule has 0 aliphatic carbocycles. The molecule has 0 spiro atoms. The lowest BCUT2D eigenvalue weighted by Gasteiger charge is -2.26. The van der Waals surface area contributed by atoms with Gasteiger partial charge in [0, 0.05) is 5.56 Å². The van der Waals surface area contributed by atoms with E-state index in [4.69, 9.17) is 0 Å². The van der Waals surface area contributed by atoms with E-state index in [1.165, 1.54) is 11.3 Å². The van der Waals surface area contributed by atoms with E-state index in [-0.39, 0.29) is 40.6 Å². The van der Waals surface area contributed by atoms with Crippen LogP contribution in [-0.2, 0) is 0 Å². The van der Waals surface area contributed by atoms with Gasteiger partial charge in [-0.05, 0) is 25.1 Å². The van der Waals surface area contributed by atoms with Crippen molar-refractivity contribution in [3.8, 4) is 0 Å². The number of carbonyl (C=O) groups is 1. The topological polar surface area (TPSA) is 49.9 Å². The van der Waals surface area contributed by atoms with Crippen LogP contribution in [0.25, 0.3) is 10.2 Å². The molecule has 1 atom stereocenters. The number of carbonyl (C=O) groups excluding carboxylic acids is 1. The molecule has 1 unspecified atom stereocenters. The van der Waals surface area contributed by atoms with Crippen LogP contribution in [0, 0.1) is 5.92 Å². The third-order valence-corrected chi connectivity index (χ3v) is 3.84. The highest BCUT2D eigenvalue weighted by molar-refractivity contribution is 7.16. The Morgan fingerprint density at radius 1 is 1.35 bits per heavy atom. The number of aromatic nitrogens is 1. The Balaban J connectivity index is 0.00000200. The summed E-state index contributed by atoms with van der Waals surface area (Å²) in [6, 6.07) is 5.42. The Bertz CT molecular complexity index is 670. The van der Waals surface area contributed by atoms with E-state index in [1.54, 1.807) is 12.1 Å². The molecule has 1 aromatic carbocycles. The molecule has 0 amide bonds. The highest BCUT2D eigenvalue weighted by Gasteiger charge is 2.22. The molecule has 0 aliphatic rings. The number of ketones is 1. The Morgan fingerprint density at radius 3 is 2.60 bits per heavy atom. The number of H-pyrrole nitrogens is 1. The first-order chi connectivity index (χ1) is 8.76. The second kappa shape index (κ2) is 6.36. The number of fused-ring (bicyclic) bond motifs is 1. The van der Waals surface area contributed by atoms with Crippen molar-refractivity contribution in [3.63, 3.8) is 0 Å². The van der Waals surface area contributed by atoms with Gasteiger partial charge in [-0.15, -0.1) is 0 Å². The molecule has 2 rings (SSSR count). The maximum Gasteiger partial charge on any atom is 0.305 e. The first kappa shape index (κ1) is 17.3. The average molecular weight is 406 g/mol. The summed E-state index contributed by atoms with van der Waals surface area (Å²) < 4.78 is 1.64. The first-order valence-corrected chi connectivity index (χ1v) is 7.05. The summed E-state index contributed by atoms with van der Waals surface area (Å²) in [5.74, 6) is 0.0878. The predicted octanol–water partition coefficient (Wildman–Crippen LogP) is -0.881. The second-order valence-electron chi connectivity index (χ2n) is 5.96. The van der Waals surface area contributed by atoms with Gasteiger partial charge in [-0.3, -0.25) is 9.59 Å². The molecule has 110 valence electrons. The summed E-state index contributed by atoms with van der Waals surface area (Å²) in [7, 11) is 6.22. The number of nitrogens with one attached hydrogen (secondary N) is 1. The average Bonchev–Trinajstić information content (AvgIpc) is 2.64. The summed E-state index contributed by atoms with van der Waals surface area (Å²) in [6.45, 7) is 2.74. The van der Waals surface area contributed by atoms with Crippen molar-refractivity contribution in [2.24, 2.45) is 5.92 Å². The zero-order valence-electron chi connectivity index (χ0n) is 12.1. The fraction of sp³-hybridized carbons (Fsp3) is 0.429. The number of aromatic amines is 1. The van der Waals surface area contributed by atoms with E-state index in [9.17, 15) is 9.59 Å².